The van der Waals surface area contributed by atoms with Crippen LogP contribution in [0, 0.1) is 5.41 Å². The number of aliphatic imine (C=N–C) groups is 1. The minimum absolute atomic E-state index is 0. The summed E-state index contributed by atoms with van der Waals surface area (Å²) in [5, 5.41) is 10.2. The van der Waals surface area contributed by atoms with Crippen LogP contribution >= 0.6 is 24.0 Å². The van der Waals surface area contributed by atoms with Crippen molar-refractivity contribution in [3.8, 4) is 0 Å². The fourth-order valence-electron chi connectivity index (χ4n) is 2.96. The van der Waals surface area contributed by atoms with Gasteiger partial charge in [-0.15, -0.1) is 24.0 Å². The third-order valence-electron chi connectivity index (χ3n) is 4.89. The maximum atomic E-state index is 4.32. The van der Waals surface area contributed by atoms with Gasteiger partial charge in [0, 0.05) is 32.9 Å². The van der Waals surface area contributed by atoms with Crippen molar-refractivity contribution in [2.75, 3.05) is 32.0 Å². The summed E-state index contributed by atoms with van der Waals surface area (Å²) in [6.45, 7) is 5.24. The second-order valence-electron chi connectivity index (χ2n) is 6.41. The molecule has 136 valence electrons. The summed E-state index contributed by atoms with van der Waals surface area (Å²) in [5.41, 5.74) is 0.518. The Kier molecular flexibility index (Phi) is 10.1. The van der Waals surface area contributed by atoms with Gasteiger partial charge in [-0.1, -0.05) is 19.4 Å². The Bertz CT molecular complexity index is 468. The lowest BCUT2D eigenvalue weighted by molar-refractivity contribution is 0.131. The highest BCUT2D eigenvalue weighted by Gasteiger charge is 2.34. The molecule has 1 fully saturated rings. The molecule has 1 aliphatic rings. The number of nitrogens with zero attached hydrogens (tertiary/aromatic N) is 2. The molecule has 1 heterocycles. The zero-order valence-electron chi connectivity index (χ0n) is 15.0. The normalized spacial score (nSPS) is 15.8. The van der Waals surface area contributed by atoms with Crippen LogP contribution in [0.15, 0.2) is 29.4 Å². The molecule has 3 N–H and O–H groups in total. The van der Waals surface area contributed by atoms with Crippen molar-refractivity contribution in [1.29, 1.82) is 0 Å². The summed E-state index contributed by atoms with van der Waals surface area (Å²) >= 11 is 0. The first-order valence-corrected chi connectivity index (χ1v) is 8.87. The van der Waals surface area contributed by atoms with E-state index in [1.54, 1.807) is 0 Å². The van der Waals surface area contributed by atoms with Crippen molar-refractivity contribution in [2.45, 2.75) is 45.4 Å². The summed E-state index contributed by atoms with van der Waals surface area (Å²) in [6.07, 6.45) is 9.38. The lowest BCUT2D eigenvalue weighted by Crippen LogP contribution is -2.46. The average molecular weight is 445 g/mol. The molecule has 0 spiro atoms. The quantitative estimate of drug-likeness (QED) is 0.235. The number of guanidine groups is 1. The van der Waals surface area contributed by atoms with E-state index in [0.717, 1.165) is 44.3 Å². The van der Waals surface area contributed by atoms with E-state index in [9.17, 15) is 0 Å². The van der Waals surface area contributed by atoms with Crippen molar-refractivity contribution in [3.63, 3.8) is 0 Å². The standard InChI is InChI=1S/C18H31N5.HI/c1-3-18(10-8-11-18)15-23-17(19-2)22-14-7-6-13-21-16-9-4-5-12-20-16;/h4-5,9,12H,3,6-8,10-11,13-15H2,1-2H3,(H,20,21)(H2,19,22,23);1H. The van der Waals surface area contributed by atoms with E-state index in [2.05, 4.69) is 32.9 Å². The molecule has 1 aromatic rings. The molecule has 0 aliphatic heterocycles. The minimum atomic E-state index is 0. The molecule has 0 bridgehead atoms. The smallest absolute Gasteiger partial charge is 0.190 e. The first kappa shape index (κ1) is 21.0. The van der Waals surface area contributed by atoms with Gasteiger partial charge in [0.1, 0.15) is 5.82 Å². The number of rotatable bonds is 9. The van der Waals surface area contributed by atoms with Crippen molar-refractivity contribution < 1.29 is 0 Å². The molecule has 0 radical (unpaired) electrons. The highest BCUT2D eigenvalue weighted by Crippen LogP contribution is 2.42. The summed E-state index contributed by atoms with van der Waals surface area (Å²) in [5.74, 6) is 1.88. The molecule has 2 rings (SSSR count). The van der Waals surface area contributed by atoms with Gasteiger partial charge >= 0.3 is 0 Å². The van der Waals surface area contributed by atoms with E-state index in [1.807, 2.05) is 31.4 Å². The molecule has 0 amide bonds. The molecular formula is C18H32IN5. The molecule has 1 aromatic heterocycles. The van der Waals surface area contributed by atoms with Crippen LogP contribution in [0.3, 0.4) is 0 Å². The Morgan fingerprint density at radius 2 is 2.00 bits per heavy atom. The summed E-state index contributed by atoms with van der Waals surface area (Å²) in [6, 6.07) is 5.92. The molecule has 1 aliphatic carbocycles. The van der Waals surface area contributed by atoms with Gasteiger partial charge in [0.05, 0.1) is 0 Å². The number of aromatic nitrogens is 1. The maximum absolute atomic E-state index is 4.32. The molecule has 0 atom stereocenters. The van der Waals surface area contributed by atoms with Crippen LogP contribution in [0.5, 0.6) is 0 Å². The number of pyridine rings is 1. The van der Waals surface area contributed by atoms with E-state index in [4.69, 9.17) is 0 Å². The zero-order valence-corrected chi connectivity index (χ0v) is 17.3. The van der Waals surface area contributed by atoms with E-state index in [-0.39, 0.29) is 24.0 Å². The van der Waals surface area contributed by atoms with E-state index < -0.39 is 0 Å². The summed E-state index contributed by atoms with van der Waals surface area (Å²) in [7, 11) is 1.84. The first-order valence-electron chi connectivity index (χ1n) is 8.87. The van der Waals surface area contributed by atoms with Crippen LogP contribution in [0.1, 0.15) is 45.4 Å². The zero-order chi connectivity index (χ0) is 16.4. The molecule has 0 unspecified atom stereocenters. The number of anilines is 1. The Labute approximate surface area is 163 Å². The van der Waals surface area contributed by atoms with Crippen molar-refractivity contribution in [2.24, 2.45) is 10.4 Å². The molecular weight excluding hydrogens is 413 g/mol. The number of unbranched alkanes of at least 4 members (excludes halogenated alkanes) is 1. The van der Waals surface area contributed by atoms with Crippen LogP contribution in [0.25, 0.3) is 0 Å². The fourth-order valence-corrected chi connectivity index (χ4v) is 2.96. The Hall–Kier alpha value is -1.05. The Morgan fingerprint density at radius 1 is 1.21 bits per heavy atom. The third-order valence-corrected chi connectivity index (χ3v) is 4.89. The maximum Gasteiger partial charge on any atom is 0.190 e. The SMILES string of the molecule is CCC1(CNC(=NC)NCCCCNc2ccccn2)CCC1.I. The van der Waals surface area contributed by atoms with E-state index in [0.29, 0.717) is 5.41 Å². The molecule has 5 nitrogen and oxygen atoms in total. The van der Waals surface area contributed by atoms with Gasteiger partial charge in [-0.2, -0.15) is 0 Å². The summed E-state index contributed by atoms with van der Waals surface area (Å²) in [4.78, 5) is 8.57. The van der Waals surface area contributed by atoms with Gasteiger partial charge in [-0.05, 0) is 49.7 Å². The van der Waals surface area contributed by atoms with Crippen LogP contribution in [-0.2, 0) is 0 Å². The molecule has 1 saturated carbocycles. The van der Waals surface area contributed by atoms with Gasteiger partial charge in [-0.3, -0.25) is 4.99 Å². The van der Waals surface area contributed by atoms with Crippen molar-refractivity contribution in [1.82, 2.24) is 15.6 Å². The number of halogens is 1. The number of hydrogen-bond acceptors (Lipinski definition) is 3. The minimum Gasteiger partial charge on any atom is -0.370 e. The fraction of sp³-hybridized carbons (Fsp3) is 0.667. The van der Waals surface area contributed by atoms with Crippen LogP contribution in [0.2, 0.25) is 0 Å². The molecule has 24 heavy (non-hydrogen) atoms. The van der Waals surface area contributed by atoms with Gasteiger partial charge in [0.2, 0.25) is 0 Å². The Balaban J connectivity index is 0.00000288. The highest BCUT2D eigenvalue weighted by molar-refractivity contribution is 14.0. The third kappa shape index (κ3) is 6.83. The number of hydrogen-bond donors (Lipinski definition) is 3. The number of nitrogens with one attached hydrogen (secondary N) is 3. The largest absolute Gasteiger partial charge is 0.370 e. The van der Waals surface area contributed by atoms with Gasteiger partial charge in [0.15, 0.2) is 5.96 Å². The highest BCUT2D eigenvalue weighted by atomic mass is 127. The van der Waals surface area contributed by atoms with Crippen molar-refractivity contribution >= 4 is 35.8 Å². The van der Waals surface area contributed by atoms with Crippen LogP contribution in [0.4, 0.5) is 5.82 Å². The van der Waals surface area contributed by atoms with Gasteiger partial charge in [0.25, 0.3) is 0 Å². The van der Waals surface area contributed by atoms with E-state index in [1.165, 1.54) is 25.7 Å². The van der Waals surface area contributed by atoms with Crippen LogP contribution in [-0.4, -0.2) is 37.6 Å². The topological polar surface area (TPSA) is 61.3 Å². The predicted octanol–water partition coefficient (Wildman–Crippen LogP) is 3.64. The van der Waals surface area contributed by atoms with Gasteiger partial charge < -0.3 is 16.0 Å². The van der Waals surface area contributed by atoms with Gasteiger partial charge in [-0.25, -0.2) is 4.98 Å². The van der Waals surface area contributed by atoms with Crippen LogP contribution < -0.4 is 16.0 Å². The summed E-state index contributed by atoms with van der Waals surface area (Å²) < 4.78 is 0. The lowest BCUT2D eigenvalue weighted by Gasteiger charge is -2.41. The first-order chi connectivity index (χ1) is 11.3. The lowest BCUT2D eigenvalue weighted by atomic mass is 9.67. The Morgan fingerprint density at radius 3 is 2.58 bits per heavy atom. The molecule has 0 saturated heterocycles. The second-order valence-corrected chi connectivity index (χ2v) is 6.41. The monoisotopic (exact) mass is 445 g/mol. The average Bonchev–Trinajstić information content (AvgIpc) is 2.56. The van der Waals surface area contributed by atoms with Crippen molar-refractivity contribution in [3.05, 3.63) is 24.4 Å². The van der Waals surface area contributed by atoms with E-state index >= 15 is 0 Å². The second kappa shape index (κ2) is 11.5. The molecule has 0 aromatic carbocycles. The predicted molar refractivity (Wildman–Crippen MR) is 113 cm³/mol. The molecule has 6 heteroatoms.